The van der Waals surface area contributed by atoms with E-state index in [1.165, 1.54) is 12.1 Å². The van der Waals surface area contributed by atoms with Crippen LogP contribution in [0, 0.1) is 5.82 Å². The lowest BCUT2D eigenvalue weighted by molar-refractivity contribution is -0.144. The number of nitrogens with one attached hydrogen (secondary N) is 1. The minimum atomic E-state index is -4.34. The van der Waals surface area contributed by atoms with Crippen LogP contribution < -0.4 is 5.32 Å². The number of aromatic nitrogens is 2. The van der Waals surface area contributed by atoms with E-state index >= 15 is 0 Å². The van der Waals surface area contributed by atoms with E-state index in [4.69, 9.17) is 9.47 Å². The average molecular weight is 637 g/mol. The first-order valence-electron chi connectivity index (χ1n) is 14.7. The van der Waals surface area contributed by atoms with Gasteiger partial charge < -0.3 is 34.5 Å². The molecule has 3 N–H and O–H groups in total. The number of aliphatic hydroxyl groups is 2. The minimum absolute atomic E-state index is 0.0943. The third kappa shape index (κ3) is 6.24. The Hall–Kier alpha value is -2.99. The number of fused-ring (bicyclic) bond motifs is 6. The van der Waals surface area contributed by atoms with Gasteiger partial charge in [0.05, 0.1) is 42.7 Å². The van der Waals surface area contributed by atoms with Gasteiger partial charge in [-0.15, -0.1) is 0 Å². The third-order valence-electron chi connectivity index (χ3n) is 8.84. The van der Waals surface area contributed by atoms with Crippen LogP contribution in [-0.2, 0) is 42.7 Å². The Morgan fingerprint density at radius 2 is 1.91 bits per heavy atom. The predicted molar refractivity (Wildman–Crippen MR) is 151 cm³/mol. The highest BCUT2D eigenvalue weighted by molar-refractivity contribution is 7.89. The fraction of sp³-hybridized carbons (Fsp3) is 0.607. The first-order valence-corrected chi connectivity index (χ1v) is 16.1. The van der Waals surface area contributed by atoms with Crippen LogP contribution in [0.1, 0.15) is 18.7 Å². The number of rotatable bonds is 4. The maximum Gasteiger partial charge on any atom is 0.243 e. The normalized spacial score (nSPS) is 32.6. The van der Waals surface area contributed by atoms with E-state index in [0.717, 1.165) is 22.3 Å². The molecule has 2 aromatic rings. The number of morpholine rings is 1. The summed E-state index contributed by atoms with van der Waals surface area (Å²) in [7, 11) is -2.48. The Kier molecular flexibility index (Phi) is 8.76. The number of benzene rings is 1. The van der Waals surface area contributed by atoms with Gasteiger partial charge in [0.15, 0.2) is 0 Å². The van der Waals surface area contributed by atoms with E-state index in [1.54, 1.807) is 11.1 Å². The second-order valence-corrected chi connectivity index (χ2v) is 13.8. The SMILES string of the molecule is Cn1ccnc1CN1C[C@@H]2C[C@H]1C(=O)N1CCO[C@@H](C1)CN(S(=O)(=O)c1cccc(F)c1)C[C@H]1O[C@@H](CC(=O)N2)[C@H](O)[C@@H]1O. The molecule has 7 atom stereocenters. The number of hydrogen-bond acceptors (Lipinski definition) is 10. The molecule has 5 heterocycles. The zero-order valence-corrected chi connectivity index (χ0v) is 25.1. The number of aliphatic hydroxyl groups excluding tert-OH is 2. The molecule has 14 nitrogen and oxygen atoms in total. The van der Waals surface area contributed by atoms with Crippen LogP contribution in [-0.4, -0.2) is 136 Å². The second-order valence-electron chi connectivity index (χ2n) is 11.9. The van der Waals surface area contributed by atoms with E-state index in [0.29, 0.717) is 26.1 Å². The number of likely N-dealkylation sites (tertiary alicyclic amines) is 1. The van der Waals surface area contributed by atoms with Crippen molar-refractivity contribution in [2.45, 2.75) is 66.9 Å². The fourth-order valence-electron chi connectivity index (χ4n) is 6.50. The lowest BCUT2D eigenvalue weighted by atomic mass is 10.0. The molecule has 0 unspecified atom stereocenters. The number of nitrogens with zero attached hydrogens (tertiary/aromatic N) is 5. The highest BCUT2D eigenvalue weighted by Gasteiger charge is 2.47. The van der Waals surface area contributed by atoms with Crippen molar-refractivity contribution < 1.29 is 42.1 Å². The number of carbonyl (C=O) groups excluding carboxylic acids is 2. The molecule has 6 bridgehead atoms. The molecule has 44 heavy (non-hydrogen) atoms. The van der Waals surface area contributed by atoms with Crippen LogP contribution in [0.25, 0.3) is 0 Å². The highest BCUT2D eigenvalue weighted by Crippen LogP contribution is 2.29. The van der Waals surface area contributed by atoms with Gasteiger partial charge in [-0.1, -0.05) is 6.07 Å². The van der Waals surface area contributed by atoms with Crippen molar-refractivity contribution in [1.82, 2.24) is 29.0 Å². The number of aryl methyl sites for hydroxylation is 1. The topological polar surface area (TPSA) is 167 Å². The molecule has 1 aromatic carbocycles. The number of hydrogen-bond donors (Lipinski definition) is 3. The Bertz CT molecular complexity index is 1490. The van der Waals surface area contributed by atoms with Gasteiger partial charge in [0, 0.05) is 58.2 Å². The van der Waals surface area contributed by atoms with Crippen molar-refractivity contribution in [3.8, 4) is 0 Å². The summed E-state index contributed by atoms with van der Waals surface area (Å²) >= 11 is 0. The molecule has 4 aliphatic heterocycles. The maximum absolute atomic E-state index is 14.1. The molecule has 1 aromatic heterocycles. The van der Waals surface area contributed by atoms with Crippen molar-refractivity contribution in [3.05, 3.63) is 48.3 Å². The second kappa shape index (κ2) is 12.4. The molecule has 0 aliphatic carbocycles. The summed E-state index contributed by atoms with van der Waals surface area (Å²) in [6.07, 6.45) is -2.38. The quantitative estimate of drug-likeness (QED) is 0.357. The molecular formula is C28H37FN6O8S. The average Bonchev–Trinajstić information content (AvgIpc) is 3.66. The van der Waals surface area contributed by atoms with E-state index < -0.39 is 64.9 Å². The van der Waals surface area contributed by atoms with Gasteiger partial charge in [-0.2, -0.15) is 4.31 Å². The Morgan fingerprint density at radius 1 is 1.11 bits per heavy atom. The van der Waals surface area contributed by atoms with Gasteiger partial charge in [-0.05, 0) is 24.6 Å². The summed E-state index contributed by atoms with van der Waals surface area (Å²) in [5, 5.41) is 24.5. The van der Waals surface area contributed by atoms with E-state index in [9.17, 15) is 32.6 Å². The van der Waals surface area contributed by atoms with Crippen molar-refractivity contribution in [2.24, 2.45) is 7.05 Å². The number of imidazole rings is 1. The van der Waals surface area contributed by atoms with E-state index in [-0.39, 0.29) is 43.0 Å². The zero-order chi connectivity index (χ0) is 31.2. The first kappa shape index (κ1) is 31.0. The Labute approximate surface area is 254 Å². The van der Waals surface area contributed by atoms with Gasteiger partial charge in [-0.25, -0.2) is 17.8 Å². The number of halogens is 1. The van der Waals surface area contributed by atoms with Crippen molar-refractivity contribution in [2.75, 3.05) is 39.3 Å². The number of carbonyl (C=O) groups is 2. The molecule has 16 heteroatoms. The van der Waals surface area contributed by atoms with Gasteiger partial charge in [0.25, 0.3) is 0 Å². The summed E-state index contributed by atoms with van der Waals surface area (Å²) in [6.45, 7) is 0.706. The molecule has 6 rings (SSSR count). The van der Waals surface area contributed by atoms with Crippen LogP contribution in [0.5, 0.6) is 0 Å². The molecule has 0 saturated carbocycles. The minimum Gasteiger partial charge on any atom is -0.388 e. The molecule has 4 aliphatic rings. The molecule has 240 valence electrons. The van der Waals surface area contributed by atoms with Crippen LogP contribution in [0.15, 0.2) is 41.6 Å². The summed E-state index contributed by atoms with van der Waals surface area (Å²) in [5.41, 5.74) is 0. The molecule has 4 saturated heterocycles. The highest BCUT2D eigenvalue weighted by atomic mass is 32.2. The van der Waals surface area contributed by atoms with Crippen LogP contribution in [0.4, 0.5) is 4.39 Å². The Morgan fingerprint density at radius 3 is 2.66 bits per heavy atom. The van der Waals surface area contributed by atoms with Gasteiger partial charge in [-0.3, -0.25) is 14.5 Å². The van der Waals surface area contributed by atoms with Crippen molar-refractivity contribution in [3.63, 3.8) is 0 Å². The Balaban J connectivity index is 1.32. The summed E-state index contributed by atoms with van der Waals surface area (Å²) in [6, 6.07) is 3.63. The van der Waals surface area contributed by atoms with Crippen molar-refractivity contribution >= 4 is 21.8 Å². The van der Waals surface area contributed by atoms with Gasteiger partial charge >= 0.3 is 0 Å². The van der Waals surface area contributed by atoms with Gasteiger partial charge in [0.2, 0.25) is 21.8 Å². The summed E-state index contributed by atoms with van der Waals surface area (Å²) in [5.74, 6) is -0.583. The molecule has 2 amide bonds. The lowest BCUT2D eigenvalue weighted by Crippen LogP contribution is -2.55. The van der Waals surface area contributed by atoms with Crippen LogP contribution in [0.3, 0.4) is 0 Å². The van der Waals surface area contributed by atoms with Gasteiger partial charge in [0.1, 0.15) is 30.0 Å². The smallest absolute Gasteiger partial charge is 0.243 e. The van der Waals surface area contributed by atoms with Crippen LogP contribution in [0.2, 0.25) is 0 Å². The maximum atomic E-state index is 14.1. The zero-order valence-electron chi connectivity index (χ0n) is 24.2. The van der Waals surface area contributed by atoms with E-state index in [2.05, 4.69) is 10.3 Å². The molecule has 0 radical (unpaired) electrons. The first-order chi connectivity index (χ1) is 21.0. The van der Waals surface area contributed by atoms with E-state index in [1.807, 2.05) is 22.7 Å². The van der Waals surface area contributed by atoms with Crippen molar-refractivity contribution in [1.29, 1.82) is 0 Å². The van der Waals surface area contributed by atoms with Crippen LogP contribution >= 0.6 is 0 Å². The predicted octanol–water partition coefficient (Wildman–Crippen LogP) is -1.57. The molecule has 0 spiro atoms. The number of sulfonamides is 1. The summed E-state index contributed by atoms with van der Waals surface area (Å²) in [4.78, 5) is 34.8. The monoisotopic (exact) mass is 636 g/mol. The lowest BCUT2D eigenvalue weighted by Gasteiger charge is -2.38. The third-order valence-corrected chi connectivity index (χ3v) is 10.7. The largest absolute Gasteiger partial charge is 0.388 e. The fourth-order valence-corrected chi connectivity index (χ4v) is 8.02. The standard InChI is InChI=1S/C28H37FN6O8S/c1-32-6-5-30-24(32)16-34-12-18-10-21(34)28(39)33-7-8-42-19(13-33)14-35(44(40,41)20-4-2-3-17(29)9-20)15-23-27(38)26(37)22(43-23)11-25(36)31-18/h2-6,9,18-19,21-23,26-27,37-38H,7-8,10-16H2,1H3,(H,31,36)/t18-,19-,21-,22-,23+,26-,27+/m0/s1. The molecular weight excluding hydrogens is 599 g/mol. The number of amides is 2. The summed E-state index contributed by atoms with van der Waals surface area (Å²) < 4.78 is 56.3. The number of ether oxygens (including phenoxy) is 2. The molecule has 4 fully saturated rings.